The number of Topliss-reactive ketones (excluding diaryl/α,β-unsaturated/α-hetero) is 1. The molecular weight excluding hydrogens is 278 g/mol. The number of ketones is 1. The highest BCUT2D eigenvalue weighted by Crippen LogP contribution is 2.06. The van der Waals surface area contributed by atoms with E-state index < -0.39 is 0 Å². The molecule has 0 aliphatic rings. The van der Waals surface area contributed by atoms with Gasteiger partial charge in [0.1, 0.15) is 0 Å². The van der Waals surface area contributed by atoms with Crippen LogP contribution in [0.2, 0.25) is 0 Å². The quantitative estimate of drug-likeness (QED) is 0.682. The lowest BCUT2D eigenvalue weighted by atomic mass is 10.1. The highest BCUT2D eigenvalue weighted by molar-refractivity contribution is 5.94. The monoisotopic (exact) mass is 291 g/mol. The molecule has 0 fully saturated rings. The molecule has 22 heavy (non-hydrogen) atoms. The van der Waals surface area contributed by atoms with Crippen LogP contribution in [0.4, 0.5) is 0 Å². The van der Waals surface area contributed by atoms with Gasteiger partial charge in [0.15, 0.2) is 17.3 Å². The highest BCUT2D eigenvalue weighted by atomic mass is 16.3. The first kappa shape index (κ1) is 15.2. The molecule has 0 radical (unpaired) electrons. The van der Waals surface area contributed by atoms with Crippen molar-refractivity contribution in [1.29, 1.82) is 0 Å². The van der Waals surface area contributed by atoms with Crippen LogP contribution >= 0.6 is 0 Å². The third kappa shape index (κ3) is 3.88. The average molecular weight is 291 g/mol. The fourth-order valence-corrected chi connectivity index (χ4v) is 1.63. The largest absolute Gasteiger partial charge is 0.443 e. The number of nitrogens with one attached hydrogen (secondary N) is 1. The molecule has 2 aromatic rings. The third-order valence-corrected chi connectivity index (χ3v) is 2.80. The molecule has 108 valence electrons. The predicted octanol–water partition coefficient (Wildman–Crippen LogP) is 2.25. The van der Waals surface area contributed by atoms with E-state index in [1.54, 1.807) is 36.4 Å². The molecule has 0 saturated carbocycles. The summed E-state index contributed by atoms with van der Waals surface area (Å²) in [5, 5.41) is 2.46. The molecule has 0 bridgehead atoms. The molecule has 0 atom stereocenters. The normalized spacial score (nSPS) is 9.00. The number of furan rings is 1. The van der Waals surface area contributed by atoms with Gasteiger partial charge in [-0.1, -0.05) is 18.1 Å². The first-order valence-corrected chi connectivity index (χ1v) is 6.55. The Morgan fingerprint density at radius 2 is 1.68 bits per heavy atom. The van der Waals surface area contributed by atoms with Crippen molar-refractivity contribution in [3.05, 3.63) is 59.0 Å². The summed E-state index contributed by atoms with van der Waals surface area (Å²) in [7, 11) is 1.53. The van der Waals surface area contributed by atoms with Crippen LogP contribution in [0.25, 0.3) is 0 Å². The van der Waals surface area contributed by atoms with Crippen molar-refractivity contribution in [1.82, 2.24) is 5.32 Å². The maximum Gasteiger partial charge on any atom is 0.286 e. The Balaban J connectivity index is 2.06. The van der Waals surface area contributed by atoms with Crippen molar-refractivity contribution in [3.8, 4) is 23.7 Å². The van der Waals surface area contributed by atoms with Gasteiger partial charge in [-0.25, -0.2) is 0 Å². The maximum atomic E-state index is 11.3. The molecule has 0 aliphatic heterocycles. The number of benzene rings is 1. The Morgan fingerprint density at radius 3 is 2.32 bits per heavy atom. The first-order chi connectivity index (χ1) is 10.6. The molecule has 1 N–H and O–H groups in total. The van der Waals surface area contributed by atoms with Crippen molar-refractivity contribution in [2.45, 2.75) is 6.92 Å². The van der Waals surface area contributed by atoms with Crippen molar-refractivity contribution in [2.24, 2.45) is 0 Å². The van der Waals surface area contributed by atoms with E-state index in [4.69, 9.17) is 4.42 Å². The van der Waals surface area contributed by atoms with Gasteiger partial charge in [0.25, 0.3) is 5.91 Å². The summed E-state index contributed by atoms with van der Waals surface area (Å²) in [5.41, 5.74) is 1.42. The number of amides is 1. The number of carbonyl (C=O) groups excluding carboxylic acids is 2. The number of hydrogen-bond donors (Lipinski definition) is 1. The molecule has 4 nitrogen and oxygen atoms in total. The number of carbonyl (C=O) groups is 2. The Morgan fingerprint density at radius 1 is 1.00 bits per heavy atom. The van der Waals surface area contributed by atoms with Gasteiger partial charge >= 0.3 is 0 Å². The minimum Gasteiger partial charge on any atom is -0.443 e. The van der Waals surface area contributed by atoms with E-state index >= 15 is 0 Å². The molecule has 0 aliphatic carbocycles. The lowest BCUT2D eigenvalue weighted by molar-refractivity contribution is 0.0934. The Kier molecular flexibility index (Phi) is 4.80. The highest BCUT2D eigenvalue weighted by Gasteiger charge is 2.07. The van der Waals surface area contributed by atoms with E-state index in [-0.39, 0.29) is 17.5 Å². The summed E-state index contributed by atoms with van der Waals surface area (Å²) in [5.74, 6) is 11.2. The number of rotatable bonds is 2. The van der Waals surface area contributed by atoms with E-state index in [0.717, 1.165) is 5.56 Å². The fraction of sp³-hybridized carbons (Fsp3) is 0.111. The predicted molar refractivity (Wildman–Crippen MR) is 82.3 cm³/mol. The third-order valence-electron chi connectivity index (χ3n) is 2.80. The summed E-state index contributed by atoms with van der Waals surface area (Å²) in [6, 6.07) is 10.1. The van der Waals surface area contributed by atoms with Gasteiger partial charge in [0.2, 0.25) is 0 Å². The van der Waals surface area contributed by atoms with E-state index in [1.165, 1.54) is 14.0 Å². The molecular formula is C18H13NO3. The van der Waals surface area contributed by atoms with E-state index in [1.807, 2.05) is 0 Å². The summed E-state index contributed by atoms with van der Waals surface area (Å²) in [6.07, 6.45) is 0. The van der Waals surface area contributed by atoms with Gasteiger partial charge < -0.3 is 9.73 Å². The molecule has 0 spiro atoms. The van der Waals surface area contributed by atoms with Crippen molar-refractivity contribution < 1.29 is 14.0 Å². The zero-order valence-electron chi connectivity index (χ0n) is 12.2. The Labute approximate surface area is 128 Å². The van der Waals surface area contributed by atoms with Gasteiger partial charge in [-0.15, -0.1) is 0 Å². The van der Waals surface area contributed by atoms with Crippen LogP contribution in [0.3, 0.4) is 0 Å². The summed E-state index contributed by atoms with van der Waals surface area (Å²) in [6.45, 7) is 1.52. The first-order valence-electron chi connectivity index (χ1n) is 6.55. The van der Waals surface area contributed by atoms with Crippen molar-refractivity contribution >= 4 is 11.7 Å². The zero-order chi connectivity index (χ0) is 15.9. The van der Waals surface area contributed by atoms with Gasteiger partial charge in [-0.05, 0) is 49.0 Å². The molecule has 1 aromatic carbocycles. The van der Waals surface area contributed by atoms with Crippen LogP contribution in [-0.4, -0.2) is 18.7 Å². The molecule has 1 amide bonds. The van der Waals surface area contributed by atoms with Crippen LogP contribution in [0.1, 0.15) is 39.2 Å². The lowest BCUT2D eigenvalue weighted by Gasteiger charge is -1.93. The lowest BCUT2D eigenvalue weighted by Crippen LogP contribution is -2.16. The standard InChI is InChI=1S/C18H13NO3/c1-13(20)15-9-7-14(8-10-15)5-3-4-6-16-11-12-17(22-16)18(21)19-2/h7-12H,1-2H3,(H,19,21). The van der Waals surface area contributed by atoms with E-state index in [0.29, 0.717) is 11.3 Å². The van der Waals surface area contributed by atoms with Crippen LogP contribution in [0, 0.1) is 23.7 Å². The van der Waals surface area contributed by atoms with E-state index in [9.17, 15) is 9.59 Å². The zero-order valence-corrected chi connectivity index (χ0v) is 12.2. The Hall–Kier alpha value is -3.24. The summed E-state index contributed by atoms with van der Waals surface area (Å²) in [4.78, 5) is 22.5. The maximum absolute atomic E-state index is 11.3. The molecule has 0 saturated heterocycles. The molecule has 2 rings (SSSR count). The van der Waals surface area contributed by atoms with Crippen LogP contribution in [-0.2, 0) is 0 Å². The average Bonchev–Trinajstić information content (AvgIpc) is 3.00. The minimum absolute atomic E-state index is 0.0176. The second-order valence-electron chi connectivity index (χ2n) is 4.38. The van der Waals surface area contributed by atoms with Gasteiger partial charge in [0.05, 0.1) is 0 Å². The second-order valence-corrected chi connectivity index (χ2v) is 4.38. The fourth-order valence-electron chi connectivity index (χ4n) is 1.63. The SMILES string of the molecule is CNC(=O)c1ccc(C#CC#Cc2ccc(C(C)=O)cc2)o1. The molecule has 4 heteroatoms. The minimum atomic E-state index is -0.301. The molecule has 1 aromatic heterocycles. The van der Waals surface area contributed by atoms with Crippen molar-refractivity contribution in [3.63, 3.8) is 0 Å². The second kappa shape index (κ2) is 6.97. The van der Waals surface area contributed by atoms with Crippen LogP contribution in [0.15, 0.2) is 40.8 Å². The van der Waals surface area contributed by atoms with Gasteiger partial charge in [0, 0.05) is 18.2 Å². The molecule has 0 unspecified atom stereocenters. The van der Waals surface area contributed by atoms with Gasteiger partial charge in [-0.2, -0.15) is 0 Å². The van der Waals surface area contributed by atoms with Gasteiger partial charge in [-0.3, -0.25) is 9.59 Å². The Bertz CT molecular complexity index is 821. The topological polar surface area (TPSA) is 59.3 Å². The van der Waals surface area contributed by atoms with Crippen LogP contribution < -0.4 is 5.32 Å². The summed E-state index contributed by atoms with van der Waals surface area (Å²) < 4.78 is 5.24. The van der Waals surface area contributed by atoms with Crippen molar-refractivity contribution in [2.75, 3.05) is 7.05 Å². The molecule has 1 heterocycles. The van der Waals surface area contributed by atoms with E-state index in [2.05, 4.69) is 29.0 Å². The number of hydrogen-bond acceptors (Lipinski definition) is 3. The summed E-state index contributed by atoms with van der Waals surface area (Å²) >= 11 is 0. The van der Waals surface area contributed by atoms with Crippen LogP contribution in [0.5, 0.6) is 0 Å². The smallest absolute Gasteiger partial charge is 0.286 e.